The summed E-state index contributed by atoms with van der Waals surface area (Å²) in [6, 6.07) is 14.7. The maximum Gasteiger partial charge on any atom is 0.340 e. The lowest BCUT2D eigenvalue weighted by Gasteiger charge is -2.32. The van der Waals surface area contributed by atoms with Crippen molar-refractivity contribution in [3.05, 3.63) is 87.5 Å². The van der Waals surface area contributed by atoms with E-state index >= 15 is 0 Å². The van der Waals surface area contributed by atoms with Crippen LogP contribution in [0.1, 0.15) is 36.3 Å². The molecule has 0 unspecified atom stereocenters. The van der Waals surface area contributed by atoms with E-state index in [1.54, 1.807) is 12.1 Å². The van der Waals surface area contributed by atoms with Crippen LogP contribution in [-0.4, -0.2) is 18.9 Å². The molecule has 7 heteroatoms. The average Bonchev–Trinajstić information content (AvgIpc) is 2.78. The number of ether oxygens (including phenoxy) is 3. The molecule has 31 heavy (non-hydrogen) atoms. The zero-order valence-electron chi connectivity index (χ0n) is 17.0. The van der Waals surface area contributed by atoms with Gasteiger partial charge in [-0.3, -0.25) is 4.79 Å². The molecule has 0 fully saturated rings. The third kappa shape index (κ3) is 4.16. The van der Waals surface area contributed by atoms with Gasteiger partial charge in [0.15, 0.2) is 5.78 Å². The van der Waals surface area contributed by atoms with E-state index in [2.05, 4.69) is 0 Å². The van der Waals surface area contributed by atoms with Crippen LogP contribution in [0.2, 0.25) is 5.02 Å². The van der Waals surface area contributed by atoms with Crippen LogP contribution in [0, 0.1) is 0 Å². The first-order valence-electron chi connectivity index (χ1n) is 9.97. The first kappa shape index (κ1) is 21.0. The molecule has 0 radical (unpaired) electrons. The number of esters is 1. The van der Waals surface area contributed by atoms with Crippen LogP contribution in [-0.2, 0) is 25.7 Å². The second kappa shape index (κ2) is 8.86. The largest absolute Gasteiger partial charge is 0.489 e. The Kier molecular flexibility index (Phi) is 6.00. The van der Waals surface area contributed by atoms with Gasteiger partial charge >= 0.3 is 5.97 Å². The summed E-state index contributed by atoms with van der Waals surface area (Å²) in [6.07, 6.45) is 1.71. The third-order valence-electron chi connectivity index (χ3n) is 5.46. The zero-order chi connectivity index (χ0) is 22.0. The minimum absolute atomic E-state index is 0.0238. The molecule has 2 aliphatic rings. The average molecular weight is 440 g/mol. The van der Waals surface area contributed by atoms with Crippen molar-refractivity contribution in [2.45, 2.75) is 31.8 Å². The summed E-state index contributed by atoms with van der Waals surface area (Å²) < 4.78 is 16.4. The number of benzene rings is 2. The van der Waals surface area contributed by atoms with Gasteiger partial charge in [0.05, 0.1) is 13.0 Å². The van der Waals surface area contributed by atoms with E-state index in [1.807, 2.05) is 36.4 Å². The summed E-state index contributed by atoms with van der Waals surface area (Å²) >= 11 is 6.18. The zero-order valence-corrected chi connectivity index (χ0v) is 17.8. The smallest absolute Gasteiger partial charge is 0.340 e. The number of methoxy groups -OCH3 is 1. The lowest BCUT2D eigenvalue weighted by molar-refractivity contribution is -0.136. The van der Waals surface area contributed by atoms with Crippen LogP contribution in [0.4, 0.5) is 0 Å². The predicted molar refractivity (Wildman–Crippen MR) is 115 cm³/mol. The molecule has 0 aromatic heterocycles. The Labute approximate surface area is 185 Å². The fraction of sp³-hybridized carbons (Fsp3) is 0.250. The number of ketones is 1. The number of Topliss-reactive ketones (excluding diaryl/α,β-unsaturated/α-hetero) is 1. The van der Waals surface area contributed by atoms with Crippen LogP contribution in [0.25, 0.3) is 0 Å². The topological polar surface area (TPSA) is 87.9 Å². The van der Waals surface area contributed by atoms with E-state index in [1.165, 1.54) is 7.11 Å². The van der Waals surface area contributed by atoms with Gasteiger partial charge < -0.3 is 19.9 Å². The Morgan fingerprint density at radius 2 is 1.90 bits per heavy atom. The van der Waals surface area contributed by atoms with Gasteiger partial charge in [-0.1, -0.05) is 41.9 Å². The molecular formula is C24H22ClNO5. The van der Waals surface area contributed by atoms with Gasteiger partial charge in [-0.25, -0.2) is 4.79 Å². The van der Waals surface area contributed by atoms with Crippen LogP contribution < -0.4 is 10.5 Å². The molecule has 0 bridgehead atoms. The minimum atomic E-state index is -0.637. The number of carbonyl (C=O) groups excluding carboxylic acids is 2. The summed E-state index contributed by atoms with van der Waals surface area (Å²) in [5.74, 6) is -0.154. The van der Waals surface area contributed by atoms with E-state index in [4.69, 9.17) is 31.5 Å². The maximum atomic E-state index is 12.7. The van der Waals surface area contributed by atoms with E-state index in [0.29, 0.717) is 48.0 Å². The molecule has 1 heterocycles. The summed E-state index contributed by atoms with van der Waals surface area (Å²) in [6.45, 7) is 0.324. The Balaban J connectivity index is 1.64. The molecular weight excluding hydrogens is 418 g/mol. The SMILES string of the molecule is COC(=O)C1=C(N)OC2=C(C(=O)CCC2)[C@@H]1c1ccc(OCc2ccccc2Cl)cc1. The van der Waals surface area contributed by atoms with Gasteiger partial charge in [0.25, 0.3) is 0 Å². The highest BCUT2D eigenvalue weighted by Gasteiger charge is 2.41. The highest BCUT2D eigenvalue weighted by atomic mass is 35.5. The third-order valence-corrected chi connectivity index (χ3v) is 5.82. The lowest BCUT2D eigenvalue weighted by atomic mass is 9.77. The van der Waals surface area contributed by atoms with Crippen LogP contribution in [0.5, 0.6) is 5.75 Å². The fourth-order valence-corrected chi connectivity index (χ4v) is 4.12. The molecule has 0 saturated carbocycles. The van der Waals surface area contributed by atoms with Crippen LogP contribution in [0.15, 0.2) is 71.3 Å². The molecule has 0 amide bonds. The van der Waals surface area contributed by atoms with Gasteiger partial charge in [-0.2, -0.15) is 0 Å². The monoisotopic (exact) mass is 439 g/mol. The van der Waals surface area contributed by atoms with Gasteiger partial charge in [-0.15, -0.1) is 0 Å². The van der Waals surface area contributed by atoms with E-state index in [-0.39, 0.29) is 17.2 Å². The van der Waals surface area contributed by atoms with Crippen molar-refractivity contribution < 1.29 is 23.8 Å². The van der Waals surface area contributed by atoms with Gasteiger partial charge in [0.1, 0.15) is 23.7 Å². The fourth-order valence-electron chi connectivity index (χ4n) is 3.93. The first-order chi connectivity index (χ1) is 15.0. The number of halogens is 1. The van der Waals surface area contributed by atoms with Gasteiger partial charge in [-0.05, 0) is 30.2 Å². The number of carbonyl (C=O) groups is 2. The number of nitrogens with two attached hydrogens (primary N) is 1. The molecule has 0 spiro atoms. The second-order valence-electron chi connectivity index (χ2n) is 7.37. The van der Waals surface area contributed by atoms with Crippen molar-refractivity contribution in [3.8, 4) is 5.75 Å². The second-order valence-corrected chi connectivity index (χ2v) is 7.77. The van der Waals surface area contributed by atoms with Crippen molar-refractivity contribution in [1.82, 2.24) is 0 Å². The summed E-state index contributed by atoms with van der Waals surface area (Å²) in [5, 5.41) is 0.639. The van der Waals surface area contributed by atoms with Gasteiger partial charge in [0.2, 0.25) is 5.88 Å². The highest BCUT2D eigenvalue weighted by molar-refractivity contribution is 6.31. The molecule has 2 N–H and O–H groups in total. The van der Waals surface area contributed by atoms with Gasteiger partial charge in [0, 0.05) is 29.0 Å². The van der Waals surface area contributed by atoms with E-state index in [9.17, 15) is 9.59 Å². The molecule has 1 atom stereocenters. The minimum Gasteiger partial charge on any atom is -0.489 e. The molecule has 0 saturated heterocycles. The lowest BCUT2D eigenvalue weighted by Crippen LogP contribution is -2.31. The number of rotatable bonds is 5. The van der Waals surface area contributed by atoms with E-state index < -0.39 is 11.9 Å². The van der Waals surface area contributed by atoms with Crippen molar-refractivity contribution in [3.63, 3.8) is 0 Å². The normalized spacial score (nSPS) is 18.4. The van der Waals surface area contributed by atoms with E-state index in [0.717, 1.165) is 11.1 Å². The van der Waals surface area contributed by atoms with Crippen molar-refractivity contribution in [2.75, 3.05) is 7.11 Å². The van der Waals surface area contributed by atoms with Crippen LogP contribution >= 0.6 is 11.6 Å². The number of hydrogen-bond donors (Lipinski definition) is 1. The summed E-state index contributed by atoms with van der Waals surface area (Å²) in [7, 11) is 1.28. The summed E-state index contributed by atoms with van der Waals surface area (Å²) in [4.78, 5) is 25.2. The first-order valence-corrected chi connectivity index (χ1v) is 10.4. The Bertz CT molecular complexity index is 1090. The Morgan fingerprint density at radius 3 is 2.61 bits per heavy atom. The molecule has 6 nitrogen and oxygen atoms in total. The quantitative estimate of drug-likeness (QED) is 0.695. The standard InChI is InChI=1S/C24H22ClNO5/c1-29-24(28)22-20(21-18(27)7-4-8-19(21)31-23(22)26)14-9-11-16(12-10-14)30-13-15-5-2-3-6-17(15)25/h2-3,5-6,9-12,20H,4,7-8,13,26H2,1H3/t20-/m0/s1. The van der Waals surface area contributed by atoms with Crippen LogP contribution in [0.3, 0.4) is 0 Å². The molecule has 2 aromatic rings. The van der Waals surface area contributed by atoms with Crippen molar-refractivity contribution in [1.29, 1.82) is 0 Å². The summed E-state index contributed by atoms with van der Waals surface area (Å²) in [5.41, 5.74) is 8.30. The molecule has 2 aromatic carbocycles. The Hall–Kier alpha value is -3.25. The predicted octanol–water partition coefficient (Wildman–Crippen LogP) is 4.38. The highest BCUT2D eigenvalue weighted by Crippen LogP contribution is 2.44. The Morgan fingerprint density at radius 1 is 1.16 bits per heavy atom. The molecule has 1 aliphatic heterocycles. The molecule has 160 valence electrons. The maximum absolute atomic E-state index is 12.7. The van der Waals surface area contributed by atoms with Crippen molar-refractivity contribution in [2.24, 2.45) is 5.73 Å². The number of allylic oxidation sites excluding steroid dienone is 2. The molecule has 4 rings (SSSR count). The molecule has 1 aliphatic carbocycles. The van der Waals surface area contributed by atoms with Crippen molar-refractivity contribution >= 4 is 23.4 Å². The number of hydrogen-bond acceptors (Lipinski definition) is 6.